The number of hydrogen-bond donors (Lipinski definition) is 1. The number of anilines is 1. The summed E-state index contributed by atoms with van der Waals surface area (Å²) in [6.45, 7) is 5.70. The van der Waals surface area contributed by atoms with Gasteiger partial charge in [-0.1, -0.05) is 0 Å². The molecule has 0 spiro atoms. The second-order valence-corrected chi connectivity index (χ2v) is 5.34. The summed E-state index contributed by atoms with van der Waals surface area (Å²) < 4.78 is 10.9. The lowest BCUT2D eigenvalue weighted by molar-refractivity contribution is -0.385. The van der Waals surface area contributed by atoms with Crippen molar-refractivity contribution in [3.05, 3.63) is 33.9 Å². The van der Waals surface area contributed by atoms with Gasteiger partial charge >= 0.3 is 0 Å². The fraction of sp³-hybridized carbons (Fsp3) is 0.600. The number of nitro benzene ring substituents is 1. The first-order valence-electron chi connectivity index (χ1n) is 7.31. The van der Waals surface area contributed by atoms with E-state index in [0.29, 0.717) is 11.5 Å². The Morgan fingerprint density at radius 3 is 3.05 bits per heavy atom. The van der Waals surface area contributed by atoms with E-state index in [1.165, 1.54) is 6.07 Å². The summed E-state index contributed by atoms with van der Waals surface area (Å²) in [7, 11) is 0. The predicted octanol–water partition coefficient (Wildman–Crippen LogP) is 2.76. The van der Waals surface area contributed by atoms with Crippen LogP contribution >= 0.6 is 0 Å². The van der Waals surface area contributed by atoms with Crippen LogP contribution in [0.3, 0.4) is 0 Å². The van der Waals surface area contributed by atoms with Gasteiger partial charge in [0.1, 0.15) is 0 Å². The van der Waals surface area contributed by atoms with Crippen LogP contribution in [0.15, 0.2) is 18.2 Å². The maximum Gasteiger partial charge on any atom is 0.272 e. The Labute approximate surface area is 124 Å². The second-order valence-electron chi connectivity index (χ2n) is 5.34. The highest BCUT2D eigenvalue weighted by molar-refractivity contribution is 5.53. The van der Waals surface area contributed by atoms with Crippen LogP contribution in [0.1, 0.15) is 18.4 Å². The summed E-state index contributed by atoms with van der Waals surface area (Å²) in [6, 6.07) is 5.07. The van der Waals surface area contributed by atoms with Gasteiger partial charge in [0.05, 0.1) is 18.1 Å². The topological polar surface area (TPSA) is 73.6 Å². The predicted molar refractivity (Wildman–Crippen MR) is 80.7 cm³/mol. The monoisotopic (exact) mass is 294 g/mol. The number of benzene rings is 1. The summed E-state index contributed by atoms with van der Waals surface area (Å²) in [5, 5.41) is 14.0. The van der Waals surface area contributed by atoms with E-state index in [2.05, 4.69) is 5.32 Å². The number of rotatable bonds is 8. The Morgan fingerprint density at radius 2 is 2.38 bits per heavy atom. The lowest BCUT2D eigenvalue weighted by Gasteiger charge is -2.10. The second kappa shape index (κ2) is 7.95. The van der Waals surface area contributed by atoms with Crippen molar-refractivity contribution in [2.75, 3.05) is 38.3 Å². The normalized spacial score (nSPS) is 17.9. The van der Waals surface area contributed by atoms with Crippen molar-refractivity contribution < 1.29 is 14.4 Å². The first-order chi connectivity index (χ1) is 10.2. The highest BCUT2D eigenvalue weighted by Crippen LogP contribution is 2.21. The Hall–Kier alpha value is -1.66. The minimum Gasteiger partial charge on any atom is -0.385 e. The molecular weight excluding hydrogens is 272 g/mol. The van der Waals surface area contributed by atoms with Crippen LogP contribution in [0.5, 0.6) is 0 Å². The molecule has 0 saturated carbocycles. The highest BCUT2D eigenvalue weighted by atomic mass is 16.6. The van der Waals surface area contributed by atoms with Crippen LogP contribution < -0.4 is 5.32 Å². The van der Waals surface area contributed by atoms with Crippen molar-refractivity contribution in [1.29, 1.82) is 0 Å². The molecule has 1 saturated heterocycles. The smallest absolute Gasteiger partial charge is 0.272 e. The third-order valence-electron chi connectivity index (χ3n) is 3.57. The molecule has 0 aliphatic carbocycles. The summed E-state index contributed by atoms with van der Waals surface area (Å²) in [6.07, 6.45) is 2.00. The van der Waals surface area contributed by atoms with Gasteiger partial charge in [0.25, 0.3) is 5.69 Å². The SMILES string of the molecule is Cc1cc(NCCCOC[C@@H]2CCOC2)ccc1[N+](=O)[O-]. The van der Waals surface area contributed by atoms with Crippen molar-refractivity contribution in [2.24, 2.45) is 5.92 Å². The Bertz CT molecular complexity index is 473. The van der Waals surface area contributed by atoms with Crippen molar-refractivity contribution in [3.8, 4) is 0 Å². The maximum absolute atomic E-state index is 10.7. The summed E-state index contributed by atoms with van der Waals surface area (Å²) in [5.41, 5.74) is 1.73. The molecule has 1 aliphatic rings. The van der Waals surface area contributed by atoms with Gasteiger partial charge in [-0.2, -0.15) is 0 Å². The average Bonchev–Trinajstić information content (AvgIpc) is 2.95. The van der Waals surface area contributed by atoms with Crippen molar-refractivity contribution in [1.82, 2.24) is 0 Å². The molecule has 6 nitrogen and oxygen atoms in total. The van der Waals surface area contributed by atoms with E-state index < -0.39 is 0 Å². The number of ether oxygens (including phenoxy) is 2. The molecule has 0 bridgehead atoms. The Morgan fingerprint density at radius 1 is 1.52 bits per heavy atom. The lowest BCUT2D eigenvalue weighted by Crippen LogP contribution is -2.12. The van der Waals surface area contributed by atoms with Crippen molar-refractivity contribution in [2.45, 2.75) is 19.8 Å². The van der Waals surface area contributed by atoms with Crippen LogP contribution in [-0.2, 0) is 9.47 Å². The van der Waals surface area contributed by atoms with Crippen LogP contribution in [0.2, 0.25) is 0 Å². The molecule has 116 valence electrons. The molecule has 0 amide bonds. The summed E-state index contributed by atoms with van der Waals surface area (Å²) in [4.78, 5) is 10.4. The number of nitrogens with zero attached hydrogens (tertiary/aromatic N) is 1. The van der Waals surface area contributed by atoms with Gasteiger partial charge in [-0.25, -0.2) is 0 Å². The van der Waals surface area contributed by atoms with Crippen molar-refractivity contribution in [3.63, 3.8) is 0 Å². The number of nitro groups is 1. The fourth-order valence-electron chi connectivity index (χ4n) is 2.34. The molecular formula is C15H22N2O4. The zero-order valence-electron chi connectivity index (χ0n) is 12.3. The zero-order valence-corrected chi connectivity index (χ0v) is 12.3. The molecule has 21 heavy (non-hydrogen) atoms. The molecule has 1 aromatic rings. The van der Waals surface area contributed by atoms with Crippen LogP contribution in [-0.4, -0.2) is 37.9 Å². The van der Waals surface area contributed by atoms with Gasteiger partial charge in [0.15, 0.2) is 0 Å². The summed E-state index contributed by atoms with van der Waals surface area (Å²) >= 11 is 0. The molecule has 2 rings (SSSR count). The number of hydrogen-bond acceptors (Lipinski definition) is 5. The minimum absolute atomic E-state index is 0.155. The molecule has 1 aliphatic heterocycles. The van der Waals surface area contributed by atoms with Crippen LogP contribution in [0, 0.1) is 23.0 Å². The molecule has 0 aromatic heterocycles. The van der Waals surface area contributed by atoms with E-state index in [0.717, 1.165) is 51.5 Å². The van der Waals surface area contributed by atoms with Crippen LogP contribution in [0.4, 0.5) is 11.4 Å². The third-order valence-corrected chi connectivity index (χ3v) is 3.57. The molecule has 6 heteroatoms. The molecule has 0 radical (unpaired) electrons. The molecule has 1 N–H and O–H groups in total. The fourth-order valence-corrected chi connectivity index (χ4v) is 2.34. The van der Waals surface area contributed by atoms with E-state index in [9.17, 15) is 10.1 Å². The number of aryl methyl sites for hydroxylation is 1. The third kappa shape index (κ3) is 4.99. The standard InChI is InChI=1S/C15H22N2O4/c1-12-9-14(3-4-15(12)17(18)19)16-6-2-7-20-10-13-5-8-21-11-13/h3-4,9,13,16H,2,5-8,10-11H2,1H3/t13-/m0/s1. The molecule has 1 heterocycles. The number of nitrogens with one attached hydrogen (secondary N) is 1. The zero-order chi connectivity index (χ0) is 15.1. The maximum atomic E-state index is 10.7. The molecule has 1 fully saturated rings. The van der Waals surface area contributed by atoms with E-state index in [1.807, 2.05) is 0 Å². The largest absolute Gasteiger partial charge is 0.385 e. The minimum atomic E-state index is -0.361. The highest BCUT2D eigenvalue weighted by Gasteiger charge is 2.15. The Balaban J connectivity index is 1.62. The van der Waals surface area contributed by atoms with Gasteiger partial charge in [-0.05, 0) is 31.9 Å². The molecule has 1 atom stereocenters. The first kappa shape index (κ1) is 15.7. The van der Waals surface area contributed by atoms with Gasteiger partial charge in [0.2, 0.25) is 0 Å². The van der Waals surface area contributed by atoms with E-state index >= 15 is 0 Å². The van der Waals surface area contributed by atoms with Gasteiger partial charge in [-0.3, -0.25) is 10.1 Å². The molecule has 0 unspecified atom stereocenters. The van der Waals surface area contributed by atoms with E-state index in [1.54, 1.807) is 19.1 Å². The van der Waals surface area contributed by atoms with Gasteiger partial charge in [0, 0.05) is 43.0 Å². The first-order valence-corrected chi connectivity index (χ1v) is 7.31. The Kier molecular flexibility index (Phi) is 5.95. The van der Waals surface area contributed by atoms with Crippen molar-refractivity contribution >= 4 is 11.4 Å². The quantitative estimate of drug-likeness (QED) is 0.453. The van der Waals surface area contributed by atoms with E-state index in [4.69, 9.17) is 9.47 Å². The van der Waals surface area contributed by atoms with E-state index in [-0.39, 0.29) is 10.6 Å². The molecule has 1 aromatic carbocycles. The summed E-state index contributed by atoms with van der Waals surface area (Å²) in [5.74, 6) is 0.551. The van der Waals surface area contributed by atoms with Crippen LogP contribution in [0.25, 0.3) is 0 Å². The van der Waals surface area contributed by atoms with Gasteiger partial charge in [-0.15, -0.1) is 0 Å². The lowest BCUT2D eigenvalue weighted by atomic mass is 10.1. The average molecular weight is 294 g/mol. The van der Waals surface area contributed by atoms with Gasteiger partial charge < -0.3 is 14.8 Å².